The SMILES string of the molecule is NCCCSCc1nnsc1Cl. The molecule has 1 rings (SSSR count). The van der Waals surface area contributed by atoms with Gasteiger partial charge in [0.1, 0.15) is 10.0 Å². The summed E-state index contributed by atoms with van der Waals surface area (Å²) >= 11 is 8.83. The lowest BCUT2D eigenvalue weighted by Gasteiger charge is -1.96. The number of aromatic nitrogens is 2. The van der Waals surface area contributed by atoms with Crippen LogP contribution in [-0.4, -0.2) is 21.9 Å². The van der Waals surface area contributed by atoms with Gasteiger partial charge in [-0.15, -0.1) is 5.10 Å². The van der Waals surface area contributed by atoms with Crippen molar-refractivity contribution >= 4 is 34.9 Å². The minimum Gasteiger partial charge on any atom is -0.330 e. The van der Waals surface area contributed by atoms with Gasteiger partial charge >= 0.3 is 0 Å². The molecule has 0 aliphatic rings. The zero-order valence-electron chi connectivity index (χ0n) is 6.49. The van der Waals surface area contributed by atoms with Crippen LogP contribution in [0.3, 0.4) is 0 Å². The molecular weight excluding hydrogens is 214 g/mol. The third-order valence-corrected chi connectivity index (χ3v) is 3.28. The number of halogens is 1. The van der Waals surface area contributed by atoms with E-state index in [4.69, 9.17) is 17.3 Å². The summed E-state index contributed by atoms with van der Waals surface area (Å²) in [7, 11) is 0. The van der Waals surface area contributed by atoms with Crippen LogP contribution in [0.4, 0.5) is 0 Å². The van der Waals surface area contributed by atoms with Gasteiger partial charge in [0.05, 0.1) is 0 Å². The molecule has 0 unspecified atom stereocenters. The summed E-state index contributed by atoms with van der Waals surface area (Å²) in [6.07, 6.45) is 1.04. The van der Waals surface area contributed by atoms with Crippen molar-refractivity contribution in [3.05, 3.63) is 10.0 Å². The van der Waals surface area contributed by atoms with Gasteiger partial charge in [0, 0.05) is 17.3 Å². The van der Waals surface area contributed by atoms with Crippen LogP contribution in [0.15, 0.2) is 0 Å². The molecule has 1 aromatic rings. The predicted molar refractivity (Wildman–Crippen MR) is 54.8 cm³/mol. The minimum atomic E-state index is 0.704. The highest BCUT2D eigenvalue weighted by Gasteiger charge is 2.03. The Morgan fingerprint density at radius 1 is 1.58 bits per heavy atom. The second-order valence-electron chi connectivity index (χ2n) is 2.19. The lowest BCUT2D eigenvalue weighted by molar-refractivity contribution is 0.942. The van der Waals surface area contributed by atoms with Crippen molar-refractivity contribution in [2.45, 2.75) is 12.2 Å². The van der Waals surface area contributed by atoms with Crippen molar-refractivity contribution in [2.75, 3.05) is 12.3 Å². The molecule has 0 aliphatic heterocycles. The number of thioether (sulfide) groups is 1. The Morgan fingerprint density at radius 2 is 2.42 bits per heavy atom. The van der Waals surface area contributed by atoms with E-state index in [2.05, 4.69) is 9.59 Å². The van der Waals surface area contributed by atoms with E-state index in [0.717, 1.165) is 30.2 Å². The van der Waals surface area contributed by atoms with Gasteiger partial charge < -0.3 is 5.73 Å². The number of nitrogens with zero attached hydrogens (tertiary/aromatic N) is 2. The summed E-state index contributed by atoms with van der Waals surface area (Å²) in [5.74, 6) is 1.90. The minimum absolute atomic E-state index is 0.704. The van der Waals surface area contributed by atoms with Crippen molar-refractivity contribution in [3.63, 3.8) is 0 Å². The molecule has 0 radical (unpaired) electrons. The Morgan fingerprint density at radius 3 is 3.00 bits per heavy atom. The molecule has 0 atom stereocenters. The van der Waals surface area contributed by atoms with Crippen molar-refractivity contribution in [1.82, 2.24) is 9.59 Å². The van der Waals surface area contributed by atoms with E-state index in [1.54, 1.807) is 11.8 Å². The van der Waals surface area contributed by atoms with E-state index in [0.29, 0.717) is 4.34 Å². The van der Waals surface area contributed by atoms with Gasteiger partial charge in [-0.2, -0.15) is 11.8 Å². The summed E-state index contributed by atoms with van der Waals surface area (Å²) in [5, 5.41) is 3.90. The molecule has 6 heteroatoms. The first-order valence-electron chi connectivity index (χ1n) is 3.59. The third kappa shape index (κ3) is 3.26. The van der Waals surface area contributed by atoms with Crippen LogP contribution in [0.2, 0.25) is 4.34 Å². The maximum atomic E-state index is 5.81. The Labute approximate surface area is 84.8 Å². The highest BCUT2D eigenvalue weighted by Crippen LogP contribution is 2.21. The first kappa shape index (κ1) is 10.2. The zero-order chi connectivity index (χ0) is 8.81. The molecule has 0 aliphatic carbocycles. The van der Waals surface area contributed by atoms with E-state index in [1.165, 1.54) is 11.5 Å². The van der Waals surface area contributed by atoms with Crippen molar-refractivity contribution in [3.8, 4) is 0 Å². The second kappa shape index (κ2) is 5.75. The molecule has 0 amide bonds. The molecule has 1 aromatic heterocycles. The fourth-order valence-electron chi connectivity index (χ4n) is 0.637. The molecule has 3 nitrogen and oxygen atoms in total. The quantitative estimate of drug-likeness (QED) is 0.774. The van der Waals surface area contributed by atoms with Crippen LogP contribution in [-0.2, 0) is 5.75 Å². The maximum Gasteiger partial charge on any atom is 0.138 e. The zero-order valence-corrected chi connectivity index (χ0v) is 8.88. The summed E-state index contributed by atoms with van der Waals surface area (Å²) < 4.78 is 4.45. The van der Waals surface area contributed by atoms with Gasteiger partial charge in [0.25, 0.3) is 0 Å². The number of nitrogens with two attached hydrogens (primary N) is 1. The average Bonchev–Trinajstić information content (AvgIpc) is 2.46. The Hall–Kier alpha value is 0.160. The molecule has 1 heterocycles. The number of hydrogen-bond acceptors (Lipinski definition) is 5. The fraction of sp³-hybridized carbons (Fsp3) is 0.667. The number of hydrogen-bond donors (Lipinski definition) is 1. The van der Waals surface area contributed by atoms with Gasteiger partial charge in [0.2, 0.25) is 0 Å². The molecule has 0 bridgehead atoms. The Kier molecular flexibility index (Phi) is 4.90. The summed E-state index contributed by atoms with van der Waals surface area (Å²) in [5.41, 5.74) is 6.24. The molecular formula is C6H10ClN3S2. The van der Waals surface area contributed by atoms with E-state index in [9.17, 15) is 0 Å². The van der Waals surface area contributed by atoms with Gasteiger partial charge in [-0.1, -0.05) is 16.1 Å². The summed E-state index contributed by atoms with van der Waals surface area (Å²) in [4.78, 5) is 0. The largest absolute Gasteiger partial charge is 0.330 e. The van der Waals surface area contributed by atoms with E-state index in [1.807, 2.05) is 0 Å². The first-order valence-corrected chi connectivity index (χ1v) is 5.89. The smallest absolute Gasteiger partial charge is 0.138 e. The van der Waals surface area contributed by atoms with Crippen LogP contribution >= 0.6 is 34.9 Å². The fourth-order valence-corrected chi connectivity index (χ4v) is 2.35. The van der Waals surface area contributed by atoms with Crippen LogP contribution in [0.1, 0.15) is 12.1 Å². The molecule has 12 heavy (non-hydrogen) atoms. The molecule has 0 aromatic carbocycles. The van der Waals surface area contributed by atoms with E-state index in [-0.39, 0.29) is 0 Å². The standard InChI is InChI=1S/C6H10ClN3S2/c7-6-5(9-10-12-6)4-11-3-1-2-8/h1-4,8H2. The molecule has 0 saturated heterocycles. The maximum absolute atomic E-state index is 5.81. The highest BCUT2D eigenvalue weighted by atomic mass is 35.5. The molecule has 68 valence electrons. The van der Waals surface area contributed by atoms with Crippen LogP contribution < -0.4 is 5.73 Å². The summed E-state index contributed by atoms with van der Waals surface area (Å²) in [6.45, 7) is 0.746. The number of rotatable bonds is 5. The first-order chi connectivity index (χ1) is 5.84. The summed E-state index contributed by atoms with van der Waals surface area (Å²) in [6, 6.07) is 0. The normalized spacial score (nSPS) is 10.5. The van der Waals surface area contributed by atoms with Crippen molar-refractivity contribution < 1.29 is 0 Å². The van der Waals surface area contributed by atoms with E-state index < -0.39 is 0 Å². The third-order valence-electron chi connectivity index (χ3n) is 1.24. The van der Waals surface area contributed by atoms with E-state index >= 15 is 0 Å². The van der Waals surface area contributed by atoms with Crippen molar-refractivity contribution in [1.29, 1.82) is 0 Å². The van der Waals surface area contributed by atoms with Crippen LogP contribution in [0.5, 0.6) is 0 Å². The lowest BCUT2D eigenvalue weighted by Crippen LogP contribution is -1.99. The Bertz CT molecular complexity index is 228. The monoisotopic (exact) mass is 223 g/mol. The molecule has 0 saturated carbocycles. The van der Waals surface area contributed by atoms with Crippen molar-refractivity contribution in [2.24, 2.45) is 5.73 Å². The topological polar surface area (TPSA) is 51.8 Å². The molecule has 0 spiro atoms. The average molecular weight is 224 g/mol. The Balaban J connectivity index is 2.20. The van der Waals surface area contributed by atoms with Gasteiger partial charge in [-0.3, -0.25) is 0 Å². The highest BCUT2D eigenvalue weighted by molar-refractivity contribution is 7.98. The van der Waals surface area contributed by atoms with Gasteiger partial charge in [-0.05, 0) is 18.7 Å². The van der Waals surface area contributed by atoms with Crippen LogP contribution in [0.25, 0.3) is 0 Å². The van der Waals surface area contributed by atoms with Crippen LogP contribution in [0, 0.1) is 0 Å². The predicted octanol–water partition coefficient (Wildman–Crippen LogP) is 1.77. The lowest BCUT2D eigenvalue weighted by atomic mass is 10.5. The second-order valence-corrected chi connectivity index (χ2v) is 4.65. The van der Waals surface area contributed by atoms with Gasteiger partial charge in [-0.25, -0.2) is 0 Å². The van der Waals surface area contributed by atoms with Gasteiger partial charge in [0.15, 0.2) is 0 Å². The molecule has 2 N–H and O–H groups in total. The molecule has 0 fully saturated rings.